The van der Waals surface area contributed by atoms with Gasteiger partial charge >= 0.3 is 0 Å². The van der Waals surface area contributed by atoms with Crippen LogP contribution >= 0.6 is 0 Å². The standard InChI is InChI=1S/C40H38N4O8/c45-37(29-11-5-3-6-12-29)43-31(21-27-15-17-33-35(23-27)51-25-49-33)39(47)41-19-9-1-2-10-20-42-40(48)32(44-38(46)30-13-7-4-8-14-30)22-28-16-18-34-36(24-28)52-26-50-34/h3-8,11-18,21-24H,1-2,9-10,19-20,25-26H2,(H,41,47)(H,42,48)(H,43,45)(H,44,46)/b31-21-,32-22-. The zero-order valence-corrected chi connectivity index (χ0v) is 28.3. The smallest absolute Gasteiger partial charge is 0.267 e. The Hall–Kier alpha value is -6.56. The van der Waals surface area contributed by atoms with E-state index in [0.29, 0.717) is 71.2 Å². The molecule has 2 heterocycles. The topological polar surface area (TPSA) is 153 Å². The zero-order chi connectivity index (χ0) is 36.1. The van der Waals surface area contributed by atoms with Crippen LogP contribution in [-0.2, 0) is 9.59 Å². The van der Waals surface area contributed by atoms with Gasteiger partial charge in [-0.25, -0.2) is 0 Å². The van der Waals surface area contributed by atoms with Gasteiger partial charge in [-0.3, -0.25) is 19.2 Å². The highest BCUT2D eigenvalue weighted by Crippen LogP contribution is 2.34. The minimum atomic E-state index is -0.423. The molecule has 0 fully saturated rings. The van der Waals surface area contributed by atoms with Crippen molar-refractivity contribution in [3.63, 3.8) is 0 Å². The molecule has 0 unspecified atom stereocenters. The van der Waals surface area contributed by atoms with Crippen molar-refractivity contribution < 1.29 is 38.1 Å². The molecule has 2 aliphatic heterocycles. The summed E-state index contributed by atoms with van der Waals surface area (Å²) in [6.45, 7) is 1.03. The van der Waals surface area contributed by atoms with Crippen LogP contribution in [0.4, 0.5) is 0 Å². The van der Waals surface area contributed by atoms with Gasteiger partial charge in [0.25, 0.3) is 23.6 Å². The summed E-state index contributed by atoms with van der Waals surface area (Å²) >= 11 is 0. The second kappa shape index (κ2) is 17.4. The van der Waals surface area contributed by atoms with Gasteiger partial charge in [-0.15, -0.1) is 0 Å². The molecule has 0 saturated heterocycles. The first-order chi connectivity index (χ1) is 25.4. The van der Waals surface area contributed by atoms with Crippen LogP contribution < -0.4 is 40.2 Å². The van der Waals surface area contributed by atoms with E-state index in [9.17, 15) is 19.2 Å². The van der Waals surface area contributed by atoms with E-state index in [0.717, 1.165) is 12.8 Å². The van der Waals surface area contributed by atoms with Crippen molar-refractivity contribution in [2.24, 2.45) is 0 Å². The highest BCUT2D eigenvalue weighted by molar-refractivity contribution is 6.06. The Balaban J connectivity index is 0.982. The Bertz CT molecular complexity index is 1840. The number of carbonyl (C=O) groups is 4. The summed E-state index contributed by atoms with van der Waals surface area (Å²) in [5.41, 5.74) is 2.37. The van der Waals surface area contributed by atoms with Crippen molar-refractivity contribution in [2.75, 3.05) is 26.7 Å². The van der Waals surface area contributed by atoms with Gasteiger partial charge < -0.3 is 40.2 Å². The number of carbonyl (C=O) groups excluding carboxylic acids is 4. The number of benzene rings is 4. The summed E-state index contributed by atoms with van der Waals surface area (Å²) in [7, 11) is 0. The van der Waals surface area contributed by atoms with Crippen LogP contribution in [0.15, 0.2) is 108 Å². The molecule has 0 aromatic heterocycles. The number of hydrogen-bond donors (Lipinski definition) is 4. The third kappa shape index (κ3) is 9.57. The fraction of sp³-hybridized carbons (Fsp3) is 0.200. The lowest BCUT2D eigenvalue weighted by atomic mass is 10.1. The molecule has 4 N–H and O–H groups in total. The maximum atomic E-state index is 13.2. The first-order valence-corrected chi connectivity index (χ1v) is 16.9. The number of fused-ring (bicyclic) bond motifs is 2. The molecule has 12 nitrogen and oxygen atoms in total. The molecule has 4 aromatic carbocycles. The summed E-state index contributed by atoms with van der Waals surface area (Å²) in [5, 5.41) is 11.3. The van der Waals surface area contributed by atoms with Crippen molar-refractivity contribution in [3.05, 3.63) is 131 Å². The molecule has 4 amide bonds. The fourth-order valence-corrected chi connectivity index (χ4v) is 5.42. The predicted molar refractivity (Wildman–Crippen MR) is 193 cm³/mol. The Kier molecular flexibility index (Phi) is 11.8. The lowest BCUT2D eigenvalue weighted by Crippen LogP contribution is -2.35. The number of nitrogens with one attached hydrogen (secondary N) is 4. The van der Waals surface area contributed by atoms with Gasteiger partial charge in [-0.2, -0.15) is 0 Å². The highest BCUT2D eigenvalue weighted by atomic mass is 16.7. The van der Waals surface area contributed by atoms with E-state index in [1.165, 1.54) is 0 Å². The van der Waals surface area contributed by atoms with E-state index in [4.69, 9.17) is 18.9 Å². The monoisotopic (exact) mass is 702 g/mol. The normalized spacial score (nSPS) is 12.9. The minimum Gasteiger partial charge on any atom is -0.454 e. The predicted octanol–water partition coefficient (Wildman–Crippen LogP) is 5.18. The van der Waals surface area contributed by atoms with E-state index < -0.39 is 23.6 Å². The average molecular weight is 703 g/mol. The second-order valence-corrected chi connectivity index (χ2v) is 11.9. The molecule has 0 spiro atoms. The summed E-state index contributed by atoms with van der Waals surface area (Å²) < 4.78 is 21.7. The first kappa shape index (κ1) is 35.3. The van der Waals surface area contributed by atoms with Crippen LogP contribution in [-0.4, -0.2) is 50.3 Å². The summed E-state index contributed by atoms with van der Waals surface area (Å²) in [6, 6.07) is 27.9. The lowest BCUT2D eigenvalue weighted by Gasteiger charge is -2.12. The third-order valence-electron chi connectivity index (χ3n) is 8.15. The molecule has 0 aliphatic carbocycles. The van der Waals surface area contributed by atoms with Crippen LogP contribution in [0.1, 0.15) is 57.5 Å². The lowest BCUT2D eigenvalue weighted by molar-refractivity contribution is -0.118. The fourth-order valence-electron chi connectivity index (χ4n) is 5.42. The van der Waals surface area contributed by atoms with Crippen LogP contribution in [0.25, 0.3) is 12.2 Å². The largest absolute Gasteiger partial charge is 0.454 e. The van der Waals surface area contributed by atoms with E-state index in [-0.39, 0.29) is 25.0 Å². The van der Waals surface area contributed by atoms with Gasteiger partial charge in [-0.05, 0) is 84.7 Å². The first-order valence-electron chi connectivity index (χ1n) is 16.9. The molecule has 0 radical (unpaired) electrons. The number of ether oxygens (including phenoxy) is 4. The van der Waals surface area contributed by atoms with Crippen molar-refractivity contribution in [1.82, 2.24) is 21.3 Å². The van der Waals surface area contributed by atoms with Gasteiger partial charge in [0.05, 0.1) is 0 Å². The molecule has 0 bridgehead atoms. The number of hydrogen-bond acceptors (Lipinski definition) is 8. The van der Waals surface area contributed by atoms with E-state index >= 15 is 0 Å². The molecule has 4 aromatic rings. The average Bonchev–Trinajstić information content (AvgIpc) is 3.85. The van der Waals surface area contributed by atoms with Crippen LogP contribution in [0, 0.1) is 0 Å². The third-order valence-corrected chi connectivity index (χ3v) is 8.15. The molecule has 266 valence electrons. The molecule has 6 rings (SSSR count). The number of rotatable bonds is 15. The molecular weight excluding hydrogens is 664 g/mol. The van der Waals surface area contributed by atoms with Crippen LogP contribution in [0.5, 0.6) is 23.0 Å². The second-order valence-electron chi connectivity index (χ2n) is 11.9. The SMILES string of the molecule is O=C(NCCCCCCNC(=O)/C(=C/c1ccc2c(c1)OCO2)NC(=O)c1ccccc1)/C(=C/c1ccc2c(c1)OCO2)NC(=O)c1ccccc1. The zero-order valence-electron chi connectivity index (χ0n) is 28.3. The molecule has 2 aliphatic rings. The van der Waals surface area contributed by atoms with E-state index in [1.54, 1.807) is 97.1 Å². The summed E-state index contributed by atoms with van der Waals surface area (Å²) in [4.78, 5) is 52.3. The minimum absolute atomic E-state index is 0.0967. The Morgan fingerprint density at radius 2 is 0.904 bits per heavy atom. The molecule has 0 saturated carbocycles. The van der Waals surface area contributed by atoms with Crippen LogP contribution in [0.3, 0.4) is 0 Å². The van der Waals surface area contributed by atoms with E-state index in [2.05, 4.69) is 21.3 Å². The highest BCUT2D eigenvalue weighted by Gasteiger charge is 2.19. The Labute approximate surface area is 300 Å². The van der Waals surface area contributed by atoms with Crippen molar-refractivity contribution in [1.29, 1.82) is 0 Å². The molecule has 0 atom stereocenters. The number of unbranched alkanes of at least 4 members (excludes halogenated alkanes) is 3. The summed E-state index contributed by atoms with van der Waals surface area (Å²) in [6.07, 6.45) is 6.14. The maximum absolute atomic E-state index is 13.2. The molecule has 12 heteroatoms. The van der Waals surface area contributed by atoms with Gasteiger partial charge in [0, 0.05) is 24.2 Å². The Morgan fingerprint density at radius 3 is 1.33 bits per heavy atom. The van der Waals surface area contributed by atoms with Gasteiger partial charge in [-0.1, -0.05) is 61.4 Å². The van der Waals surface area contributed by atoms with E-state index in [1.807, 2.05) is 12.1 Å². The quantitative estimate of drug-likeness (QED) is 0.0977. The van der Waals surface area contributed by atoms with Crippen molar-refractivity contribution in [3.8, 4) is 23.0 Å². The van der Waals surface area contributed by atoms with Crippen molar-refractivity contribution >= 4 is 35.8 Å². The van der Waals surface area contributed by atoms with Gasteiger partial charge in [0.1, 0.15) is 11.4 Å². The van der Waals surface area contributed by atoms with Crippen molar-refractivity contribution in [2.45, 2.75) is 25.7 Å². The molecular formula is C40H38N4O8. The number of amides is 4. The maximum Gasteiger partial charge on any atom is 0.267 e. The Morgan fingerprint density at radius 1 is 0.500 bits per heavy atom. The molecule has 52 heavy (non-hydrogen) atoms. The van der Waals surface area contributed by atoms with Gasteiger partial charge in [0.15, 0.2) is 23.0 Å². The van der Waals surface area contributed by atoms with Gasteiger partial charge in [0.2, 0.25) is 13.6 Å². The summed E-state index contributed by atoms with van der Waals surface area (Å²) in [5.74, 6) is 0.702. The van der Waals surface area contributed by atoms with Crippen LogP contribution in [0.2, 0.25) is 0 Å².